The minimum Gasteiger partial charge on any atom is -0.207 e. The van der Waals surface area contributed by atoms with E-state index in [9.17, 15) is 8.42 Å². The Hall–Kier alpha value is 0.150. The summed E-state index contributed by atoms with van der Waals surface area (Å²) in [6, 6.07) is 7.07. The lowest BCUT2D eigenvalue weighted by atomic mass is 9.87. The summed E-state index contributed by atoms with van der Waals surface area (Å²) >= 11 is 8.41. The lowest BCUT2D eigenvalue weighted by Gasteiger charge is -2.45. The quantitative estimate of drug-likeness (QED) is 0.446. The zero-order valence-electron chi connectivity index (χ0n) is 13.6. The van der Waals surface area contributed by atoms with Crippen LogP contribution in [0.5, 0.6) is 0 Å². The van der Waals surface area contributed by atoms with Crippen LogP contribution in [0.1, 0.15) is 44.9 Å². The maximum atomic E-state index is 13.5. The van der Waals surface area contributed by atoms with Crippen LogP contribution in [0.3, 0.4) is 0 Å². The van der Waals surface area contributed by atoms with Gasteiger partial charge in [0.2, 0.25) is 10.0 Å². The second-order valence-corrected chi connectivity index (χ2v) is 10.7. The predicted molar refractivity (Wildman–Crippen MR) is 105 cm³/mol. The molecular formula is C18H23ClINO2S. The standard InChI is InChI=1S/C18H23ClINO2S/c19-14-6-8-15(9-7-14)24(22,23)21-16(13-4-5-13)2-1-3-17(21)18(12-20)10-11-18/h6-9,13,16-17H,1-5,10-12H2/t16-,17+/m1/s1. The second-order valence-electron chi connectivity index (χ2n) is 7.64. The monoisotopic (exact) mass is 479 g/mol. The Morgan fingerprint density at radius 3 is 2.33 bits per heavy atom. The van der Waals surface area contributed by atoms with Crippen molar-refractivity contribution in [3.05, 3.63) is 29.3 Å². The fourth-order valence-corrected chi connectivity index (χ4v) is 7.72. The van der Waals surface area contributed by atoms with Crippen LogP contribution in [-0.2, 0) is 10.0 Å². The molecule has 3 aliphatic rings. The van der Waals surface area contributed by atoms with Gasteiger partial charge in [0, 0.05) is 21.5 Å². The summed E-state index contributed by atoms with van der Waals surface area (Å²) in [6.07, 6.45) is 7.90. The van der Waals surface area contributed by atoms with Gasteiger partial charge in [0.15, 0.2) is 0 Å². The molecule has 2 saturated carbocycles. The Balaban J connectivity index is 1.75. The smallest absolute Gasteiger partial charge is 0.207 e. The minimum absolute atomic E-state index is 0.175. The van der Waals surface area contributed by atoms with E-state index in [1.54, 1.807) is 24.3 Å². The normalized spacial score (nSPS) is 30.2. The summed E-state index contributed by atoms with van der Waals surface area (Å²) in [4.78, 5) is 0.397. The van der Waals surface area contributed by atoms with Crippen molar-refractivity contribution in [2.24, 2.45) is 11.3 Å². The highest BCUT2D eigenvalue weighted by atomic mass is 127. The van der Waals surface area contributed by atoms with Crippen molar-refractivity contribution in [2.45, 2.75) is 61.9 Å². The van der Waals surface area contributed by atoms with Crippen molar-refractivity contribution in [3.63, 3.8) is 0 Å². The minimum atomic E-state index is -3.46. The lowest BCUT2D eigenvalue weighted by molar-refractivity contribution is 0.116. The van der Waals surface area contributed by atoms with Crippen molar-refractivity contribution in [1.29, 1.82) is 0 Å². The molecular weight excluding hydrogens is 457 g/mol. The number of benzene rings is 1. The van der Waals surface area contributed by atoms with Gasteiger partial charge in [-0.1, -0.05) is 40.6 Å². The van der Waals surface area contributed by atoms with E-state index in [4.69, 9.17) is 11.6 Å². The van der Waals surface area contributed by atoms with Crippen molar-refractivity contribution in [1.82, 2.24) is 4.31 Å². The lowest BCUT2D eigenvalue weighted by Crippen LogP contribution is -2.54. The van der Waals surface area contributed by atoms with Crippen LogP contribution in [0.4, 0.5) is 0 Å². The number of piperidine rings is 1. The number of nitrogens with zero attached hydrogens (tertiary/aromatic N) is 1. The first-order chi connectivity index (χ1) is 11.5. The highest BCUT2D eigenvalue weighted by Crippen LogP contribution is 2.57. The molecule has 24 heavy (non-hydrogen) atoms. The second kappa shape index (κ2) is 6.39. The van der Waals surface area contributed by atoms with Crippen LogP contribution >= 0.6 is 34.2 Å². The molecule has 2 aliphatic carbocycles. The summed E-state index contributed by atoms with van der Waals surface area (Å²) in [7, 11) is -3.46. The van der Waals surface area contributed by atoms with E-state index >= 15 is 0 Å². The average molecular weight is 480 g/mol. The average Bonchev–Trinajstić information content (AvgIpc) is 3.49. The van der Waals surface area contributed by atoms with Gasteiger partial charge in [-0.3, -0.25) is 0 Å². The van der Waals surface area contributed by atoms with E-state index in [0.29, 0.717) is 15.8 Å². The van der Waals surface area contributed by atoms with Crippen LogP contribution in [0.25, 0.3) is 0 Å². The molecule has 4 rings (SSSR count). The SMILES string of the molecule is O=S(=O)(c1ccc(Cl)cc1)N1[C@@H](C2CC2)CCC[C@H]1C1(CI)CC1. The molecule has 6 heteroatoms. The van der Waals surface area contributed by atoms with E-state index < -0.39 is 10.0 Å². The molecule has 1 aromatic rings. The molecule has 0 spiro atoms. The third kappa shape index (κ3) is 3.03. The third-order valence-electron chi connectivity index (χ3n) is 6.03. The van der Waals surface area contributed by atoms with Crippen molar-refractivity contribution < 1.29 is 8.42 Å². The van der Waals surface area contributed by atoms with Crippen LogP contribution < -0.4 is 0 Å². The highest BCUT2D eigenvalue weighted by molar-refractivity contribution is 14.1. The Morgan fingerprint density at radius 1 is 1.12 bits per heavy atom. The van der Waals surface area contributed by atoms with Gasteiger partial charge in [0.25, 0.3) is 0 Å². The number of halogens is 2. The maximum absolute atomic E-state index is 13.5. The summed E-state index contributed by atoms with van der Waals surface area (Å²) in [6.45, 7) is 0. The third-order valence-corrected chi connectivity index (χ3v) is 9.75. The van der Waals surface area contributed by atoms with Gasteiger partial charge in [-0.05, 0) is 74.1 Å². The zero-order valence-corrected chi connectivity index (χ0v) is 17.4. The molecule has 1 saturated heterocycles. The molecule has 132 valence electrons. The van der Waals surface area contributed by atoms with Gasteiger partial charge >= 0.3 is 0 Å². The fourth-order valence-electron chi connectivity index (χ4n) is 4.30. The van der Waals surface area contributed by atoms with Gasteiger partial charge in [0.1, 0.15) is 0 Å². The van der Waals surface area contributed by atoms with E-state index in [1.165, 1.54) is 25.7 Å². The summed E-state index contributed by atoms with van der Waals surface area (Å²) in [5, 5.41) is 0.578. The van der Waals surface area contributed by atoms with E-state index in [1.807, 2.05) is 4.31 Å². The Morgan fingerprint density at radius 2 is 1.79 bits per heavy atom. The first-order valence-electron chi connectivity index (χ1n) is 8.83. The number of hydrogen-bond acceptors (Lipinski definition) is 2. The van der Waals surface area contributed by atoms with Crippen LogP contribution in [-0.4, -0.2) is 29.2 Å². The Bertz CT molecular complexity index is 713. The molecule has 1 aromatic carbocycles. The van der Waals surface area contributed by atoms with Crippen LogP contribution in [0, 0.1) is 11.3 Å². The zero-order chi connectivity index (χ0) is 16.9. The predicted octanol–water partition coefficient (Wildman–Crippen LogP) is 4.88. The Kier molecular flexibility index (Phi) is 4.68. The van der Waals surface area contributed by atoms with Gasteiger partial charge in [-0.2, -0.15) is 4.31 Å². The van der Waals surface area contributed by atoms with Crippen molar-refractivity contribution in [3.8, 4) is 0 Å². The molecule has 1 heterocycles. The largest absolute Gasteiger partial charge is 0.243 e. The van der Waals surface area contributed by atoms with E-state index in [2.05, 4.69) is 22.6 Å². The first kappa shape index (κ1) is 17.6. The molecule has 0 N–H and O–H groups in total. The van der Waals surface area contributed by atoms with E-state index in [-0.39, 0.29) is 17.5 Å². The van der Waals surface area contributed by atoms with Gasteiger partial charge in [-0.25, -0.2) is 8.42 Å². The van der Waals surface area contributed by atoms with E-state index in [0.717, 1.165) is 23.7 Å². The van der Waals surface area contributed by atoms with Gasteiger partial charge in [0.05, 0.1) is 4.90 Å². The molecule has 0 unspecified atom stereocenters. The first-order valence-corrected chi connectivity index (χ1v) is 12.2. The highest BCUT2D eigenvalue weighted by Gasteiger charge is 2.57. The molecule has 0 radical (unpaired) electrons. The molecule has 0 amide bonds. The Labute approximate surface area is 163 Å². The topological polar surface area (TPSA) is 37.4 Å². The van der Waals surface area contributed by atoms with Gasteiger partial charge in [-0.15, -0.1) is 0 Å². The van der Waals surface area contributed by atoms with Gasteiger partial charge < -0.3 is 0 Å². The molecule has 3 fully saturated rings. The molecule has 0 bridgehead atoms. The fraction of sp³-hybridized carbons (Fsp3) is 0.667. The molecule has 3 nitrogen and oxygen atoms in total. The van der Waals surface area contributed by atoms with Crippen LogP contribution in [0.15, 0.2) is 29.2 Å². The summed E-state index contributed by atoms with van der Waals surface area (Å²) in [5.74, 6) is 0.569. The summed E-state index contributed by atoms with van der Waals surface area (Å²) < 4.78 is 30.0. The van der Waals surface area contributed by atoms with Crippen LogP contribution in [0.2, 0.25) is 5.02 Å². The molecule has 2 atom stereocenters. The maximum Gasteiger partial charge on any atom is 0.243 e. The summed E-state index contributed by atoms with van der Waals surface area (Å²) in [5.41, 5.74) is 0.216. The number of alkyl halides is 1. The molecule has 1 aliphatic heterocycles. The van der Waals surface area contributed by atoms with Crippen molar-refractivity contribution >= 4 is 44.2 Å². The van der Waals surface area contributed by atoms with Crippen molar-refractivity contribution in [2.75, 3.05) is 4.43 Å². The molecule has 0 aromatic heterocycles. The number of rotatable bonds is 5. The number of hydrogen-bond donors (Lipinski definition) is 0. The number of sulfonamides is 1.